The summed E-state index contributed by atoms with van der Waals surface area (Å²) < 4.78 is 9.69. The Morgan fingerprint density at radius 3 is 2.47 bits per heavy atom. The van der Waals surface area contributed by atoms with E-state index in [9.17, 15) is 4.79 Å². The molecule has 1 aromatic carbocycles. The Kier molecular flexibility index (Phi) is 5.49. The Morgan fingerprint density at radius 1 is 1.29 bits per heavy atom. The highest BCUT2D eigenvalue weighted by Crippen LogP contribution is 2.11. The highest BCUT2D eigenvalue weighted by atomic mass is 16.5. The molecule has 1 N–H and O–H groups in total. The van der Waals surface area contributed by atoms with Crippen LogP contribution in [-0.4, -0.2) is 26.2 Å². The second-order valence-electron chi connectivity index (χ2n) is 3.91. The molecule has 1 atom stereocenters. The van der Waals surface area contributed by atoms with Gasteiger partial charge in [0.1, 0.15) is 5.75 Å². The second kappa shape index (κ2) is 6.91. The molecule has 4 heteroatoms. The van der Waals surface area contributed by atoms with Gasteiger partial charge < -0.3 is 14.8 Å². The van der Waals surface area contributed by atoms with Gasteiger partial charge in [-0.3, -0.25) is 4.79 Å². The molecule has 0 aromatic heterocycles. The third kappa shape index (κ3) is 4.87. The Labute approximate surface area is 102 Å². The van der Waals surface area contributed by atoms with E-state index < -0.39 is 0 Å². The zero-order chi connectivity index (χ0) is 12.7. The molecule has 0 aliphatic carbocycles. The van der Waals surface area contributed by atoms with E-state index in [0.717, 1.165) is 17.9 Å². The molecular weight excluding hydrogens is 218 g/mol. The predicted molar refractivity (Wildman–Crippen MR) is 65.9 cm³/mol. The zero-order valence-electron chi connectivity index (χ0n) is 10.5. The first kappa shape index (κ1) is 13.5. The SMILES string of the molecule is COC(=O)C[C@H](C)NCc1ccc(OC)cc1. The largest absolute Gasteiger partial charge is 0.497 e. The average Bonchev–Trinajstić information content (AvgIpc) is 2.36. The lowest BCUT2D eigenvalue weighted by Gasteiger charge is -2.12. The van der Waals surface area contributed by atoms with Crippen LogP contribution in [-0.2, 0) is 16.1 Å². The van der Waals surface area contributed by atoms with Crippen molar-refractivity contribution in [1.82, 2.24) is 5.32 Å². The van der Waals surface area contributed by atoms with Crippen molar-refractivity contribution in [3.63, 3.8) is 0 Å². The molecule has 0 unspecified atom stereocenters. The molecule has 0 bridgehead atoms. The summed E-state index contributed by atoms with van der Waals surface area (Å²) in [5, 5.41) is 3.26. The molecule has 0 amide bonds. The summed E-state index contributed by atoms with van der Waals surface area (Å²) in [6.07, 6.45) is 0.382. The van der Waals surface area contributed by atoms with Gasteiger partial charge in [0.05, 0.1) is 20.6 Å². The Balaban J connectivity index is 2.36. The van der Waals surface area contributed by atoms with Gasteiger partial charge in [0.2, 0.25) is 0 Å². The predicted octanol–water partition coefficient (Wildman–Crippen LogP) is 1.74. The maximum absolute atomic E-state index is 11.0. The van der Waals surface area contributed by atoms with E-state index in [1.807, 2.05) is 31.2 Å². The number of hydrogen-bond donors (Lipinski definition) is 1. The topological polar surface area (TPSA) is 47.6 Å². The molecule has 0 saturated carbocycles. The fourth-order valence-electron chi connectivity index (χ4n) is 1.44. The Morgan fingerprint density at radius 2 is 1.94 bits per heavy atom. The number of methoxy groups -OCH3 is 2. The number of rotatable bonds is 6. The molecule has 17 heavy (non-hydrogen) atoms. The molecule has 0 aliphatic rings. The first-order valence-corrected chi connectivity index (χ1v) is 5.59. The molecule has 94 valence electrons. The van der Waals surface area contributed by atoms with Crippen LogP contribution < -0.4 is 10.1 Å². The minimum atomic E-state index is -0.195. The highest BCUT2D eigenvalue weighted by molar-refractivity contribution is 5.69. The molecule has 0 aliphatic heterocycles. The Bertz CT molecular complexity index is 348. The van der Waals surface area contributed by atoms with Gasteiger partial charge in [-0.1, -0.05) is 12.1 Å². The zero-order valence-corrected chi connectivity index (χ0v) is 10.5. The number of esters is 1. The van der Waals surface area contributed by atoms with Gasteiger partial charge >= 0.3 is 5.97 Å². The average molecular weight is 237 g/mol. The summed E-state index contributed by atoms with van der Waals surface area (Å²) >= 11 is 0. The lowest BCUT2D eigenvalue weighted by molar-refractivity contribution is -0.141. The third-order valence-electron chi connectivity index (χ3n) is 2.51. The fraction of sp³-hybridized carbons (Fsp3) is 0.462. The Hall–Kier alpha value is -1.55. The molecule has 4 nitrogen and oxygen atoms in total. The van der Waals surface area contributed by atoms with E-state index >= 15 is 0 Å². The summed E-state index contributed by atoms with van der Waals surface area (Å²) in [5.74, 6) is 0.649. The van der Waals surface area contributed by atoms with Crippen LogP contribution in [0.1, 0.15) is 18.9 Å². The van der Waals surface area contributed by atoms with E-state index in [-0.39, 0.29) is 12.0 Å². The number of ether oxygens (including phenoxy) is 2. The monoisotopic (exact) mass is 237 g/mol. The summed E-state index contributed by atoms with van der Waals surface area (Å²) in [5.41, 5.74) is 1.16. The third-order valence-corrected chi connectivity index (χ3v) is 2.51. The molecule has 0 saturated heterocycles. The highest BCUT2D eigenvalue weighted by Gasteiger charge is 2.08. The smallest absolute Gasteiger partial charge is 0.307 e. The van der Waals surface area contributed by atoms with Crippen LogP contribution in [0.4, 0.5) is 0 Å². The molecule has 0 heterocycles. The molecule has 0 spiro atoms. The van der Waals surface area contributed by atoms with Gasteiger partial charge in [0, 0.05) is 12.6 Å². The fourth-order valence-corrected chi connectivity index (χ4v) is 1.44. The van der Waals surface area contributed by atoms with Crippen LogP contribution >= 0.6 is 0 Å². The maximum atomic E-state index is 11.0. The summed E-state index contributed by atoms with van der Waals surface area (Å²) in [4.78, 5) is 11.0. The van der Waals surface area contributed by atoms with Crippen molar-refractivity contribution < 1.29 is 14.3 Å². The van der Waals surface area contributed by atoms with Crippen LogP contribution in [0, 0.1) is 0 Å². The second-order valence-corrected chi connectivity index (χ2v) is 3.91. The van der Waals surface area contributed by atoms with Crippen LogP contribution in [0.2, 0.25) is 0 Å². The first-order valence-electron chi connectivity index (χ1n) is 5.59. The van der Waals surface area contributed by atoms with Crippen molar-refractivity contribution >= 4 is 5.97 Å². The molecule has 0 radical (unpaired) electrons. The summed E-state index contributed by atoms with van der Waals surface area (Å²) in [7, 11) is 3.05. The van der Waals surface area contributed by atoms with E-state index in [1.165, 1.54) is 7.11 Å². The normalized spacial score (nSPS) is 11.9. The van der Waals surface area contributed by atoms with Gasteiger partial charge in [-0.15, -0.1) is 0 Å². The molecule has 0 fully saturated rings. The van der Waals surface area contributed by atoms with Crippen molar-refractivity contribution in [3.8, 4) is 5.75 Å². The van der Waals surface area contributed by atoms with Crippen molar-refractivity contribution in [2.75, 3.05) is 14.2 Å². The number of nitrogens with one attached hydrogen (secondary N) is 1. The standard InChI is InChI=1S/C13H19NO3/c1-10(8-13(15)17-3)14-9-11-4-6-12(16-2)7-5-11/h4-7,10,14H,8-9H2,1-3H3/t10-/m0/s1. The minimum absolute atomic E-state index is 0.101. The maximum Gasteiger partial charge on any atom is 0.307 e. The van der Waals surface area contributed by atoms with Gasteiger partial charge in [-0.25, -0.2) is 0 Å². The number of benzene rings is 1. The van der Waals surface area contributed by atoms with E-state index in [0.29, 0.717) is 6.42 Å². The van der Waals surface area contributed by atoms with Crippen molar-refractivity contribution in [2.24, 2.45) is 0 Å². The first-order chi connectivity index (χ1) is 8.15. The van der Waals surface area contributed by atoms with Crippen LogP contribution in [0.15, 0.2) is 24.3 Å². The quantitative estimate of drug-likeness (QED) is 0.765. The van der Waals surface area contributed by atoms with Crippen molar-refractivity contribution in [1.29, 1.82) is 0 Å². The van der Waals surface area contributed by atoms with E-state index in [2.05, 4.69) is 10.1 Å². The number of carbonyl (C=O) groups excluding carboxylic acids is 1. The van der Waals surface area contributed by atoms with Gasteiger partial charge in [0.15, 0.2) is 0 Å². The van der Waals surface area contributed by atoms with E-state index in [1.54, 1.807) is 7.11 Å². The minimum Gasteiger partial charge on any atom is -0.497 e. The van der Waals surface area contributed by atoms with E-state index in [4.69, 9.17) is 4.74 Å². The van der Waals surface area contributed by atoms with Gasteiger partial charge in [-0.05, 0) is 24.6 Å². The summed E-state index contributed by atoms with van der Waals surface area (Å²) in [6, 6.07) is 7.93. The van der Waals surface area contributed by atoms with Gasteiger partial charge in [0.25, 0.3) is 0 Å². The van der Waals surface area contributed by atoms with Crippen LogP contribution in [0.3, 0.4) is 0 Å². The van der Waals surface area contributed by atoms with Crippen LogP contribution in [0.5, 0.6) is 5.75 Å². The molecule has 1 rings (SSSR count). The van der Waals surface area contributed by atoms with Crippen LogP contribution in [0.25, 0.3) is 0 Å². The lowest BCUT2D eigenvalue weighted by atomic mass is 10.2. The van der Waals surface area contributed by atoms with Gasteiger partial charge in [-0.2, -0.15) is 0 Å². The lowest BCUT2D eigenvalue weighted by Crippen LogP contribution is -2.28. The summed E-state index contributed by atoms with van der Waals surface area (Å²) in [6.45, 7) is 2.68. The molecular formula is C13H19NO3. The molecule has 1 aromatic rings. The number of hydrogen-bond acceptors (Lipinski definition) is 4. The number of carbonyl (C=O) groups is 1. The van der Waals surface area contributed by atoms with Crippen molar-refractivity contribution in [3.05, 3.63) is 29.8 Å². The van der Waals surface area contributed by atoms with Crippen molar-refractivity contribution in [2.45, 2.75) is 25.9 Å².